The molecule has 0 amide bonds. The van der Waals surface area contributed by atoms with Gasteiger partial charge in [0.05, 0.1) is 5.69 Å². The quantitative estimate of drug-likeness (QED) is 0.833. The molecule has 2 fully saturated rings. The fourth-order valence-corrected chi connectivity index (χ4v) is 5.22. The lowest BCUT2D eigenvalue weighted by Crippen LogP contribution is -2.32. The van der Waals surface area contributed by atoms with Crippen LogP contribution in [0.3, 0.4) is 0 Å². The number of hydrogen-bond donors (Lipinski definition) is 2. The van der Waals surface area contributed by atoms with Crippen molar-refractivity contribution in [1.29, 1.82) is 0 Å². The first kappa shape index (κ1) is 15.1. The molecule has 0 aliphatic heterocycles. The molecule has 7 heteroatoms. The van der Waals surface area contributed by atoms with Gasteiger partial charge in [0.25, 0.3) is 0 Å². The summed E-state index contributed by atoms with van der Waals surface area (Å²) < 4.78 is 41.0. The van der Waals surface area contributed by atoms with Crippen LogP contribution in [0.5, 0.6) is 0 Å². The maximum atomic E-state index is 13.9. The third-order valence-electron chi connectivity index (χ3n) is 4.74. The summed E-state index contributed by atoms with van der Waals surface area (Å²) in [6.45, 7) is 0.357. The Morgan fingerprint density at radius 3 is 2.71 bits per heavy atom. The highest BCUT2D eigenvalue weighted by molar-refractivity contribution is 7.89. The van der Waals surface area contributed by atoms with E-state index in [1.807, 2.05) is 0 Å². The van der Waals surface area contributed by atoms with Crippen LogP contribution in [0.4, 0.5) is 10.1 Å². The fraction of sp³-hybridized carbons (Fsp3) is 0.571. The fourth-order valence-electron chi connectivity index (χ4n) is 3.70. The molecule has 0 heterocycles. The van der Waals surface area contributed by atoms with E-state index in [0.717, 1.165) is 18.4 Å². The van der Waals surface area contributed by atoms with E-state index in [9.17, 15) is 12.8 Å². The van der Waals surface area contributed by atoms with E-state index in [0.29, 0.717) is 18.4 Å². The van der Waals surface area contributed by atoms with Gasteiger partial charge in [0.2, 0.25) is 10.0 Å². The molecule has 0 radical (unpaired) electrons. The zero-order chi connectivity index (χ0) is 15.2. The number of halogens is 2. The zero-order valence-corrected chi connectivity index (χ0v) is 13.1. The molecular weight excluding hydrogens is 315 g/mol. The van der Waals surface area contributed by atoms with Crippen LogP contribution in [0, 0.1) is 23.6 Å². The molecule has 3 rings (SSSR count). The third-order valence-corrected chi connectivity index (χ3v) is 6.38. The van der Waals surface area contributed by atoms with Crippen LogP contribution in [0.15, 0.2) is 17.0 Å². The van der Waals surface area contributed by atoms with E-state index in [-0.39, 0.29) is 10.7 Å². The number of benzene rings is 1. The normalized spacial score (nSPS) is 28.2. The van der Waals surface area contributed by atoms with Crippen molar-refractivity contribution < 1.29 is 12.8 Å². The van der Waals surface area contributed by atoms with Crippen LogP contribution < -0.4 is 10.5 Å². The monoisotopic (exact) mass is 332 g/mol. The number of hydrogen-bond acceptors (Lipinski definition) is 3. The van der Waals surface area contributed by atoms with E-state index in [4.69, 9.17) is 17.3 Å². The van der Waals surface area contributed by atoms with Crippen molar-refractivity contribution in [2.45, 2.75) is 30.6 Å². The molecule has 21 heavy (non-hydrogen) atoms. The average Bonchev–Trinajstić information content (AvgIpc) is 3.03. The second kappa shape index (κ2) is 5.41. The number of nitrogen functional groups attached to an aromatic ring is 1. The maximum absolute atomic E-state index is 13.9. The van der Waals surface area contributed by atoms with Crippen molar-refractivity contribution >= 4 is 27.3 Å². The summed E-state index contributed by atoms with van der Waals surface area (Å²) in [6.07, 6.45) is 4.70. The molecule has 2 aliphatic rings. The standard InChI is InChI=1S/C14H18ClFN2O2S/c15-11-5-12(17)14(16)13(6-11)21(19,20)18-7-10-4-8-1-2-9(10)3-8/h5-6,8-10,18H,1-4,7,17H2. The smallest absolute Gasteiger partial charge is 0.243 e. The van der Waals surface area contributed by atoms with Gasteiger partial charge in [0, 0.05) is 11.6 Å². The van der Waals surface area contributed by atoms with E-state index in [1.165, 1.54) is 25.3 Å². The van der Waals surface area contributed by atoms with E-state index < -0.39 is 20.7 Å². The Hall–Kier alpha value is -0.850. The van der Waals surface area contributed by atoms with Crippen molar-refractivity contribution in [2.75, 3.05) is 12.3 Å². The highest BCUT2D eigenvalue weighted by Gasteiger charge is 2.39. The molecule has 2 aliphatic carbocycles. The predicted molar refractivity (Wildman–Crippen MR) is 79.9 cm³/mol. The predicted octanol–water partition coefficient (Wildman–Crippen LogP) is 2.78. The second-order valence-electron chi connectivity index (χ2n) is 6.09. The van der Waals surface area contributed by atoms with Gasteiger partial charge in [-0.05, 0) is 49.1 Å². The molecule has 1 aromatic carbocycles. The summed E-state index contributed by atoms with van der Waals surface area (Å²) in [5.41, 5.74) is 5.17. The highest BCUT2D eigenvalue weighted by atomic mass is 35.5. The zero-order valence-electron chi connectivity index (χ0n) is 11.5. The molecule has 3 unspecified atom stereocenters. The van der Waals surface area contributed by atoms with Crippen LogP contribution in [0.25, 0.3) is 0 Å². The third kappa shape index (κ3) is 2.89. The molecule has 0 aromatic heterocycles. The Kier molecular flexibility index (Phi) is 3.88. The minimum absolute atomic E-state index is 0.106. The maximum Gasteiger partial charge on any atom is 0.243 e. The number of nitrogens with two attached hydrogens (primary N) is 1. The highest BCUT2D eigenvalue weighted by Crippen LogP contribution is 2.48. The van der Waals surface area contributed by atoms with Crippen molar-refractivity contribution in [3.63, 3.8) is 0 Å². The molecule has 3 atom stereocenters. The lowest BCUT2D eigenvalue weighted by atomic mass is 9.89. The van der Waals surface area contributed by atoms with Crippen LogP contribution in [0.2, 0.25) is 5.02 Å². The summed E-state index contributed by atoms with van der Waals surface area (Å²) in [5, 5.41) is 0.106. The second-order valence-corrected chi connectivity index (χ2v) is 8.27. The summed E-state index contributed by atoms with van der Waals surface area (Å²) in [5.74, 6) is 0.757. The first-order valence-electron chi connectivity index (χ1n) is 7.11. The molecule has 116 valence electrons. The molecule has 2 saturated carbocycles. The average molecular weight is 333 g/mol. The van der Waals surface area contributed by atoms with Gasteiger partial charge < -0.3 is 5.73 Å². The van der Waals surface area contributed by atoms with Crippen LogP contribution in [-0.4, -0.2) is 15.0 Å². The SMILES string of the molecule is Nc1cc(Cl)cc(S(=O)(=O)NCC2CC3CCC2C3)c1F. The van der Waals surface area contributed by atoms with Crippen molar-refractivity contribution in [3.8, 4) is 0 Å². The molecule has 1 aromatic rings. The molecular formula is C14H18ClFN2O2S. The summed E-state index contributed by atoms with van der Waals surface area (Å²) in [7, 11) is -3.93. The number of rotatable bonds is 4. The molecule has 0 spiro atoms. The number of fused-ring (bicyclic) bond motifs is 2. The number of sulfonamides is 1. The first-order chi connectivity index (χ1) is 9.87. The van der Waals surface area contributed by atoms with Crippen molar-refractivity contribution in [3.05, 3.63) is 23.0 Å². The van der Waals surface area contributed by atoms with Crippen LogP contribution in [0.1, 0.15) is 25.7 Å². The largest absolute Gasteiger partial charge is 0.396 e. The van der Waals surface area contributed by atoms with Gasteiger partial charge in [-0.25, -0.2) is 17.5 Å². The Labute approximate surface area is 128 Å². The van der Waals surface area contributed by atoms with Gasteiger partial charge in [-0.2, -0.15) is 0 Å². The van der Waals surface area contributed by atoms with Crippen LogP contribution >= 0.6 is 11.6 Å². The minimum Gasteiger partial charge on any atom is -0.396 e. The van der Waals surface area contributed by atoms with E-state index >= 15 is 0 Å². The Morgan fingerprint density at radius 1 is 1.33 bits per heavy atom. The van der Waals surface area contributed by atoms with Gasteiger partial charge in [0.15, 0.2) is 5.82 Å². The van der Waals surface area contributed by atoms with Crippen molar-refractivity contribution in [1.82, 2.24) is 4.72 Å². The summed E-state index contributed by atoms with van der Waals surface area (Å²) >= 11 is 5.77. The van der Waals surface area contributed by atoms with E-state index in [1.54, 1.807) is 0 Å². The topological polar surface area (TPSA) is 72.2 Å². The molecule has 0 saturated heterocycles. The lowest BCUT2D eigenvalue weighted by Gasteiger charge is -2.22. The molecule has 3 N–H and O–H groups in total. The van der Waals surface area contributed by atoms with Gasteiger partial charge in [0.1, 0.15) is 4.90 Å². The molecule has 2 bridgehead atoms. The number of anilines is 1. The Balaban J connectivity index is 1.75. The van der Waals surface area contributed by atoms with Gasteiger partial charge >= 0.3 is 0 Å². The number of nitrogens with one attached hydrogen (secondary N) is 1. The van der Waals surface area contributed by atoms with Crippen LogP contribution in [-0.2, 0) is 10.0 Å². The van der Waals surface area contributed by atoms with Gasteiger partial charge in [-0.1, -0.05) is 18.0 Å². The van der Waals surface area contributed by atoms with E-state index in [2.05, 4.69) is 4.72 Å². The molecule has 4 nitrogen and oxygen atoms in total. The first-order valence-corrected chi connectivity index (χ1v) is 8.97. The summed E-state index contributed by atoms with van der Waals surface area (Å²) in [6, 6.07) is 2.29. The van der Waals surface area contributed by atoms with Crippen molar-refractivity contribution in [2.24, 2.45) is 17.8 Å². The minimum atomic E-state index is -3.93. The van der Waals surface area contributed by atoms with Gasteiger partial charge in [-0.15, -0.1) is 0 Å². The van der Waals surface area contributed by atoms with Gasteiger partial charge in [-0.3, -0.25) is 0 Å². The lowest BCUT2D eigenvalue weighted by molar-refractivity contribution is 0.332. The summed E-state index contributed by atoms with van der Waals surface area (Å²) in [4.78, 5) is -0.476. The Morgan fingerprint density at radius 2 is 2.10 bits per heavy atom. The Bertz CT molecular complexity index is 665.